The van der Waals surface area contributed by atoms with Crippen LogP contribution in [0.25, 0.3) is 0 Å². The minimum atomic E-state index is -4.68. The van der Waals surface area contributed by atoms with Gasteiger partial charge in [-0.15, -0.1) is 0 Å². The molecule has 1 rings (SSSR count). The number of hydrogen-bond acceptors (Lipinski definition) is 6. The molecule has 1 amide bonds. The SMILES string of the molecule is CC(CO)OC(=O)Nc1ccc(OS(=O)(=O)O)c(Cl)c1. The third-order valence-corrected chi connectivity index (χ3v) is 2.62. The highest BCUT2D eigenvalue weighted by atomic mass is 35.5. The zero-order valence-corrected chi connectivity index (χ0v) is 11.8. The number of rotatable bonds is 5. The largest absolute Gasteiger partial charge is 0.446 e. The first-order chi connectivity index (χ1) is 9.21. The van der Waals surface area contributed by atoms with Crippen LogP contribution in [0.1, 0.15) is 6.92 Å². The van der Waals surface area contributed by atoms with E-state index in [1.54, 1.807) is 0 Å². The summed E-state index contributed by atoms with van der Waals surface area (Å²) in [5, 5.41) is 10.9. The van der Waals surface area contributed by atoms with E-state index in [2.05, 4.69) is 9.50 Å². The molecule has 0 saturated heterocycles. The first kappa shape index (κ1) is 16.5. The Kier molecular flexibility index (Phi) is 5.57. The first-order valence-corrected chi connectivity index (χ1v) is 7.00. The third kappa shape index (κ3) is 5.61. The Bertz CT molecular complexity index is 589. The molecule has 3 N–H and O–H groups in total. The molecule has 0 radical (unpaired) electrons. The van der Waals surface area contributed by atoms with Crippen molar-refractivity contribution in [2.45, 2.75) is 13.0 Å². The minimum absolute atomic E-state index is 0.143. The number of carbonyl (C=O) groups is 1. The molecule has 0 saturated carbocycles. The van der Waals surface area contributed by atoms with Gasteiger partial charge < -0.3 is 14.0 Å². The molecule has 0 heterocycles. The fourth-order valence-electron chi connectivity index (χ4n) is 1.13. The number of hydrogen-bond donors (Lipinski definition) is 3. The lowest BCUT2D eigenvalue weighted by Crippen LogP contribution is -2.22. The Labute approximate surface area is 120 Å². The molecule has 20 heavy (non-hydrogen) atoms. The van der Waals surface area contributed by atoms with Crippen molar-refractivity contribution in [3.63, 3.8) is 0 Å². The molecule has 1 aromatic rings. The molecular formula is C10H12ClNO7S. The molecule has 0 bridgehead atoms. The van der Waals surface area contributed by atoms with Crippen LogP contribution in [0.5, 0.6) is 5.75 Å². The normalized spacial score (nSPS) is 12.6. The number of aliphatic hydroxyl groups is 1. The molecular weight excluding hydrogens is 314 g/mol. The summed E-state index contributed by atoms with van der Waals surface area (Å²) in [6, 6.07) is 3.63. The van der Waals surface area contributed by atoms with Crippen LogP contribution in [0.2, 0.25) is 5.02 Å². The fraction of sp³-hybridized carbons (Fsp3) is 0.300. The van der Waals surface area contributed by atoms with Crippen molar-refractivity contribution in [1.29, 1.82) is 0 Å². The maximum Gasteiger partial charge on any atom is 0.446 e. The number of aliphatic hydroxyl groups excluding tert-OH is 1. The molecule has 1 aromatic carbocycles. The first-order valence-electron chi connectivity index (χ1n) is 5.26. The number of anilines is 1. The molecule has 0 aromatic heterocycles. The van der Waals surface area contributed by atoms with Gasteiger partial charge in [0.2, 0.25) is 0 Å². The van der Waals surface area contributed by atoms with E-state index >= 15 is 0 Å². The van der Waals surface area contributed by atoms with Crippen LogP contribution in [0.3, 0.4) is 0 Å². The average Bonchev–Trinajstić information content (AvgIpc) is 2.31. The summed E-state index contributed by atoms with van der Waals surface area (Å²) in [5.41, 5.74) is 0.216. The van der Waals surface area contributed by atoms with Crippen LogP contribution in [-0.4, -0.2) is 36.9 Å². The predicted octanol–water partition coefficient (Wildman–Crippen LogP) is 1.45. The molecule has 1 unspecified atom stereocenters. The highest BCUT2D eigenvalue weighted by molar-refractivity contribution is 7.81. The van der Waals surface area contributed by atoms with Crippen molar-refractivity contribution in [2.24, 2.45) is 0 Å². The van der Waals surface area contributed by atoms with Gasteiger partial charge in [0.1, 0.15) is 6.10 Å². The molecule has 1 atom stereocenters. The molecule has 0 fully saturated rings. The standard InChI is InChI=1S/C10H12ClNO7S/c1-6(5-13)18-10(14)12-7-2-3-9(8(11)4-7)19-20(15,16)17/h2-4,6,13H,5H2,1H3,(H,12,14)(H,15,16,17). The Morgan fingerprint density at radius 3 is 2.65 bits per heavy atom. The van der Waals surface area contributed by atoms with Gasteiger partial charge in [-0.25, -0.2) is 4.79 Å². The predicted molar refractivity (Wildman–Crippen MR) is 70.3 cm³/mol. The van der Waals surface area contributed by atoms with E-state index in [1.165, 1.54) is 19.1 Å². The van der Waals surface area contributed by atoms with Gasteiger partial charge >= 0.3 is 16.5 Å². The topological polar surface area (TPSA) is 122 Å². The van der Waals surface area contributed by atoms with Gasteiger partial charge in [0.05, 0.1) is 11.6 Å². The molecule has 0 aliphatic rings. The maximum absolute atomic E-state index is 11.4. The summed E-state index contributed by atoms with van der Waals surface area (Å²) in [6.45, 7) is 1.17. The number of benzene rings is 1. The fourth-order valence-corrected chi connectivity index (χ4v) is 1.76. The van der Waals surface area contributed by atoms with Gasteiger partial charge in [-0.05, 0) is 25.1 Å². The summed E-state index contributed by atoms with van der Waals surface area (Å²) in [7, 11) is -4.68. The van der Waals surface area contributed by atoms with E-state index in [9.17, 15) is 13.2 Å². The quantitative estimate of drug-likeness (QED) is 0.700. The van der Waals surface area contributed by atoms with Crippen LogP contribution in [-0.2, 0) is 15.1 Å². The van der Waals surface area contributed by atoms with Gasteiger partial charge in [0.15, 0.2) is 5.75 Å². The zero-order valence-electron chi connectivity index (χ0n) is 10.2. The van der Waals surface area contributed by atoms with Crippen molar-refractivity contribution >= 4 is 33.8 Å². The van der Waals surface area contributed by atoms with E-state index in [4.69, 9.17) is 26.0 Å². The van der Waals surface area contributed by atoms with Crippen LogP contribution in [0.15, 0.2) is 18.2 Å². The smallest absolute Gasteiger partial charge is 0.444 e. The van der Waals surface area contributed by atoms with E-state index in [0.29, 0.717) is 0 Å². The van der Waals surface area contributed by atoms with Gasteiger partial charge in [-0.3, -0.25) is 9.87 Å². The van der Waals surface area contributed by atoms with Gasteiger partial charge in [-0.2, -0.15) is 8.42 Å². The van der Waals surface area contributed by atoms with E-state index in [-0.39, 0.29) is 23.1 Å². The van der Waals surface area contributed by atoms with Crippen molar-refractivity contribution < 1.29 is 31.8 Å². The number of nitrogens with one attached hydrogen (secondary N) is 1. The molecule has 10 heteroatoms. The Hall–Kier alpha value is -1.55. The summed E-state index contributed by atoms with van der Waals surface area (Å²) < 4.78 is 38.5. The molecule has 112 valence electrons. The minimum Gasteiger partial charge on any atom is -0.444 e. The number of ether oxygens (including phenoxy) is 1. The van der Waals surface area contributed by atoms with Crippen molar-refractivity contribution in [2.75, 3.05) is 11.9 Å². The van der Waals surface area contributed by atoms with Gasteiger partial charge in [-0.1, -0.05) is 11.6 Å². The monoisotopic (exact) mass is 325 g/mol. The van der Waals surface area contributed by atoms with E-state index in [1.807, 2.05) is 0 Å². The van der Waals surface area contributed by atoms with Crippen LogP contribution >= 0.6 is 11.6 Å². The van der Waals surface area contributed by atoms with Crippen LogP contribution < -0.4 is 9.50 Å². The second-order valence-electron chi connectivity index (χ2n) is 3.68. The van der Waals surface area contributed by atoms with E-state index in [0.717, 1.165) is 6.07 Å². The lowest BCUT2D eigenvalue weighted by Gasteiger charge is -2.12. The molecule has 8 nitrogen and oxygen atoms in total. The van der Waals surface area contributed by atoms with Crippen LogP contribution in [0.4, 0.5) is 10.5 Å². The molecule has 0 spiro atoms. The summed E-state index contributed by atoms with van der Waals surface area (Å²) in [6.07, 6.45) is -1.49. The van der Waals surface area contributed by atoms with Crippen molar-refractivity contribution in [3.8, 4) is 5.75 Å². The van der Waals surface area contributed by atoms with Gasteiger partial charge in [0, 0.05) is 5.69 Å². The van der Waals surface area contributed by atoms with Crippen LogP contribution in [0, 0.1) is 0 Å². The van der Waals surface area contributed by atoms with Gasteiger partial charge in [0.25, 0.3) is 0 Å². The second-order valence-corrected chi connectivity index (χ2v) is 5.11. The number of halogens is 1. The third-order valence-electron chi connectivity index (χ3n) is 1.94. The average molecular weight is 326 g/mol. The molecule has 0 aliphatic heterocycles. The molecule has 0 aliphatic carbocycles. The number of amides is 1. The van der Waals surface area contributed by atoms with E-state index < -0.39 is 22.6 Å². The zero-order chi connectivity index (χ0) is 15.3. The highest BCUT2D eigenvalue weighted by Gasteiger charge is 2.13. The lowest BCUT2D eigenvalue weighted by molar-refractivity contribution is 0.0776. The summed E-state index contributed by atoms with van der Waals surface area (Å²) in [4.78, 5) is 11.4. The Morgan fingerprint density at radius 2 is 2.15 bits per heavy atom. The van der Waals surface area contributed by atoms with Crippen molar-refractivity contribution in [3.05, 3.63) is 23.2 Å². The Morgan fingerprint density at radius 1 is 1.50 bits per heavy atom. The number of carbonyl (C=O) groups excluding carboxylic acids is 1. The van der Waals surface area contributed by atoms with Crippen molar-refractivity contribution in [1.82, 2.24) is 0 Å². The highest BCUT2D eigenvalue weighted by Crippen LogP contribution is 2.28. The second kappa shape index (κ2) is 6.75. The lowest BCUT2D eigenvalue weighted by atomic mass is 10.3. The maximum atomic E-state index is 11.4. The Balaban J connectivity index is 2.75. The summed E-state index contributed by atoms with van der Waals surface area (Å²) >= 11 is 5.72. The summed E-state index contributed by atoms with van der Waals surface area (Å²) in [5.74, 6) is -0.295.